The van der Waals surface area contributed by atoms with Gasteiger partial charge >= 0.3 is 0 Å². The zero-order valence-electron chi connectivity index (χ0n) is 11.2. The molecule has 7 heteroatoms. The van der Waals surface area contributed by atoms with E-state index in [4.69, 9.17) is 16.3 Å². The van der Waals surface area contributed by atoms with E-state index in [-0.39, 0.29) is 11.3 Å². The van der Waals surface area contributed by atoms with E-state index in [9.17, 15) is 0 Å². The largest absolute Gasteiger partial charge is 0.377 e. The van der Waals surface area contributed by atoms with Crippen molar-refractivity contribution in [1.29, 1.82) is 0 Å². The molecule has 1 saturated heterocycles. The summed E-state index contributed by atoms with van der Waals surface area (Å²) in [6, 6.07) is 0.255. The molecule has 0 aromatic carbocycles. The quantitative estimate of drug-likeness (QED) is 0.743. The number of nitrogens with zero attached hydrogens (tertiary/aromatic N) is 5. The maximum absolute atomic E-state index is 6.05. The molecule has 102 valence electrons. The Bertz CT molecular complexity index is 626. The van der Waals surface area contributed by atoms with E-state index in [1.54, 1.807) is 0 Å². The fourth-order valence-electron chi connectivity index (χ4n) is 2.37. The highest BCUT2D eigenvalue weighted by atomic mass is 35.5. The average Bonchev–Trinajstić information content (AvgIpc) is 2.66. The molecule has 1 unspecified atom stereocenters. The second-order valence-electron chi connectivity index (χ2n) is 4.82. The Morgan fingerprint density at radius 3 is 2.84 bits per heavy atom. The van der Waals surface area contributed by atoms with Crippen molar-refractivity contribution in [3.63, 3.8) is 0 Å². The minimum absolute atomic E-state index is 0.254. The molecule has 2 aromatic heterocycles. The standard InChI is InChI=1S/C12H16ClN5O/c1-7-6-19-5-4-18(7)11-9-10(15-12(13)16-11)17(3)8(2)14-9/h7H,4-6H2,1-3H3. The van der Waals surface area contributed by atoms with Crippen molar-refractivity contribution < 1.29 is 4.74 Å². The lowest BCUT2D eigenvalue weighted by molar-refractivity contribution is 0.0986. The van der Waals surface area contributed by atoms with E-state index >= 15 is 0 Å². The van der Waals surface area contributed by atoms with Gasteiger partial charge in [0.15, 0.2) is 17.0 Å². The molecule has 0 N–H and O–H groups in total. The zero-order valence-corrected chi connectivity index (χ0v) is 12.0. The van der Waals surface area contributed by atoms with E-state index in [0.29, 0.717) is 13.2 Å². The molecule has 0 radical (unpaired) electrons. The Morgan fingerprint density at radius 2 is 2.11 bits per heavy atom. The average molecular weight is 282 g/mol. The fourth-order valence-corrected chi connectivity index (χ4v) is 2.53. The van der Waals surface area contributed by atoms with Crippen molar-refractivity contribution in [2.24, 2.45) is 7.05 Å². The van der Waals surface area contributed by atoms with Gasteiger partial charge in [-0.15, -0.1) is 0 Å². The van der Waals surface area contributed by atoms with Crippen LogP contribution in [0.15, 0.2) is 0 Å². The predicted octanol–water partition coefficient (Wildman–Crippen LogP) is 1.55. The maximum Gasteiger partial charge on any atom is 0.226 e. The van der Waals surface area contributed by atoms with Gasteiger partial charge in [-0.2, -0.15) is 9.97 Å². The molecular weight excluding hydrogens is 266 g/mol. The van der Waals surface area contributed by atoms with Crippen LogP contribution in [0.4, 0.5) is 5.82 Å². The number of imidazole rings is 1. The van der Waals surface area contributed by atoms with Crippen LogP contribution in [0.25, 0.3) is 11.2 Å². The minimum Gasteiger partial charge on any atom is -0.377 e. The van der Waals surface area contributed by atoms with Crippen LogP contribution in [0, 0.1) is 6.92 Å². The van der Waals surface area contributed by atoms with Crippen LogP contribution >= 0.6 is 11.6 Å². The molecule has 1 atom stereocenters. The van der Waals surface area contributed by atoms with Gasteiger partial charge in [-0.25, -0.2) is 4.98 Å². The molecule has 1 fully saturated rings. The summed E-state index contributed by atoms with van der Waals surface area (Å²) >= 11 is 6.05. The van der Waals surface area contributed by atoms with Crippen LogP contribution in [0.1, 0.15) is 12.7 Å². The summed E-state index contributed by atoms with van der Waals surface area (Å²) in [7, 11) is 1.93. The Balaban J connectivity index is 2.19. The molecule has 3 rings (SSSR count). The van der Waals surface area contributed by atoms with Crippen molar-refractivity contribution >= 4 is 28.6 Å². The van der Waals surface area contributed by atoms with Gasteiger partial charge in [0.05, 0.1) is 19.3 Å². The Kier molecular flexibility index (Phi) is 3.06. The number of hydrogen-bond donors (Lipinski definition) is 0. The molecule has 1 aliphatic rings. The van der Waals surface area contributed by atoms with Crippen molar-refractivity contribution in [1.82, 2.24) is 19.5 Å². The van der Waals surface area contributed by atoms with Crippen LogP contribution in [0.2, 0.25) is 5.28 Å². The first-order valence-electron chi connectivity index (χ1n) is 6.29. The van der Waals surface area contributed by atoms with E-state index in [1.807, 2.05) is 18.5 Å². The summed E-state index contributed by atoms with van der Waals surface area (Å²) in [6.07, 6.45) is 0. The lowest BCUT2D eigenvalue weighted by atomic mass is 10.2. The van der Waals surface area contributed by atoms with Crippen molar-refractivity contribution in [2.45, 2.75) is 19.9 Å². The SMILES string of the molecule is Cc1nc2c(N3CCOCC3C)nc(Cl)nc2n1C. The van der Waals surface area contributed by atoms with Gasteiger partial charge in [0.2, 0.25) is 5.28 Å². The Hall–Kier alpha value is -1.40. The molecule has 0 amide bonds. The zero-order chi connectivity index (χ0) is 13.6. The van der Waals surface area contributed by atoms with E-state index in [2.05, 4.69) is 26.8 Å². The number of morpholine rings is 1. The van der Waals surface area contributed by atoms with Gasteiger partial charge in [-0.1, -0.05) is 0 Å². The number of fused-ring (bicyclic) bond motifs is 1. The van der Waals surface area contributed by atoms with E-state index < -0.39 is 0 Å². The van der Waals surface area contributed by atoms with Crippen LogP contribution < -0.4 is 4.90 Å². The minimum atomic E-state index is 0.254. The summed E-state index contributed by atoms with van der Waals surface area (Å²) in [5.74, 6) is 1.70. The van der Waals surface area contributed by atoms with Crippen molar-refractivity contribution in [3.8, 4) is 0 Å². The highest BCUT2D eigenvalue weighted by Crippen LogP contribution is 2.27. The number of halogens is 1. The summed E-state index contributed by atoms with van der Waals surface area (Å²) in [4.78, 5) is 15.4. The molecule has 3 heterocycles. The summed E-state index contributed by atoms with van der Waals surface area (Å²) in [5, 5.41) is 0.254. The fraction of sp³-hybridized carbons (Fsp3) is 0.583. The smallest absolute Gasteiger partial charge is 0.226 e. The molecule has 1 aliphatic heterocycles. The number of hydrogen-bond acceptors (Lipinski definition) is 5. The van der Waals surface area contributed by atoms with Crippen LogP contribution in [-0.2, 0) is 11.8 Å². The maximum atomic E-state index is 6.05. The van der Waals surface area contributed by atoms with E-state index in [1.165, 1.54) is 0 Å². The van der Waals surface area contributed by atoms with Gasteiger partial charge < -0.3 is 14.2 Å². The first-order valence-corrected chi connectivity index (χ1v) is 6.66. The topological polar surface area (TPSA) is 56.1 Å². The number of aryl methyl sites for hydroxylation is 2. The van der Waals surface area contributed by atoms with Crippen molar-refractivity contribution in [2.75, 3.05) is 24.7 Å². The normalized spacial score (nSPS) is 20.2. The summed E-state index contributed by atoms with van der Waals surface area (Å²) in [5.41, 5.74) is 1.57. The van der Waals surface area contributed by atoms with Gasteiger partial charge in [0, 0.05) is 13.6 Å². The predicted molar refractivity (Wildman–Crippen MR) is 73.7 cm³/mol. The Morgan fingerprint density at radius 1 is 1.32 bits per heavy atom. The van der Waals surface area contributed by atoms with Crippen LogP contribution in [-0.4, -0.2) is 45.3 Å². The second kappa shape index (κ2) is 4.61. The summed E-state index contributed by atoms with van der Waals surface area (Å²) in [6.45, 7) is 6.23. The Labute approximate surface area is 116 Å². The molecule has 6 nitrogen and oxygen atoms in total. The van der Waals surface area contributed by atoms with Crippen LogP contribution in [0.5, 0.6) is 0 Å². The van der Waals surface area contributed by atoms with Gasteiger partial charge in [0.1, 0.15) is 5.82 Å². The third-order valence-electron chi connectivity index (χ3n) is 3.54. The lowest BCUT2D eigenvalue weighted by Gasteiger charge is -2.34. The molecular formula is C12H16ClN5O. The van der Waals surface area contributed by atoms with Gasteiger partial charge in [0.25, 0.3) is 0 Å². The first-order chi connectivity index (χ1) is 9.08. The molecule has 0 saturated carbocycles. The molecule has 2 aromatic rings. The van der Waals surface area contributed by atoms with Crippen LogP contribution in [0.3, 0.4) is 0 Å². The highest BCUT2D eigenvalue weighted by molar-refractivity contribution is 6.28. The third-order valence-corrected chi connectivity index (χ3v) is 3.71. The lowest BCUT2D eigenvalue weighted by Crippen LogP contribution is -2.44. The van der Waals surface area contributed by atoms with Gasteiger partial charge in [-0.05, 0) is 25.4 Å². The molecule has 19 heavy (non-hydrogen) atoms. The number of ether oxygens (including phenoxy) is 1. The molecule has 0 aliphatic carbocycles. The summed E-state index contributed by atoms with van der Waals surface area (Å²) < 4.78 is 7.39. The monoisotopic (exact) mass is 281 g/mol. The first kappa shape index (κ1) is 12.6. The number of aromatic nitrogens is 4. The number of rotatable bonds is 1. The highest BCUT2D eigenvalue weighted by Gasteiger charge is 2.25. The number of anilines is 1. The van der Waals surface area contributed by atoms with Crippen molar-refractivity contribution in [3.05, 3.63) is 11.1 Å². The van der Waals surface area contributed by atoms with Gasteiger partial charge in [-0.3, -0.25) is 0 Å². The van der Waals surface area contributed by atoms with E-state index in [0.717, 1.165) is 29.4 Å². The molecule has 0 spiro atoms. The second-order valence-corrected chi connectivity index (χ2v) is 5.16. The molecule has 0 bridgehead atoms. The third kappa shape index (κ3) is 2.04.